The van der Waals surface area contributed by atoms with E-state index in [1.54, 1.807) is 12.1 Å². The van der Waals surface area contributed by atoms with Crippen LogP contribution in [0.15, 0.2) is 45.0 Å². The molecule has 2 heterocycles. The van der Waals surface area contributed by atoms with Crippen molar-refractivity contribution >= 4 is 21.4 Å². The molecule has 1 aliphatic carbocycles. The van der Waals surface area contributed by atoms with Crippen molar-refractivity contribution in [2.75, 3.05) is 0 Å². The molecule has 0 bridgehead atoms. The van der Waals surface area contributed by atoms with Gasteiger partial charge in [-0.1, -0.05) is 24.3 Å². The molecule has 0 saturated heterocycles. The van der Waals surface area contributed by atoms with Gasteiger partial charge >= 0.3 is 0 Å². The van der Waals surface area contributed by atoms with Crippen LogP contribution >= 0.6 is 11.3 Å². The summed E-state index contributed by atoms with van der Waals surface area (Å²) < 4.78 is 33.6. The van der Waals surface area contributed by atoms with Crippen LogP contribution in [-0.2, 0) is 16.6 Å². The lowest BCUT2D eigenvalue weighted by Gasteiger charge is -2.07. The van der Waals surface area contributed by atoms with E-state index < -0.39 is 10.0 Å². The third kappa shape index (κ3) is 3.51. The number of aryl methyl sites for hydroxylation is 1. The Kier molecular flexibility index (Phi) is 4.18. The van der Waals surface area contributed by atoms with E-state index >= 15 is 0 Å². The molecule has 25 heavy (non-hydrogen) atoms. The van der Waals surface area contributed by atoms with Gasteiger partial charge in [-0.3, -0.25) is 0 Å². The van der Waals surface area contributed by atoms with Crippen LogP contribution in [0, 0.1) is 6.92 Å². The van der Waals surface area contributed by atoms with E-state index in [1.807, 2.05) is 31.2 Å². The highest BCUT2D eigenvalue weighted by atomic mass is 32.2. The van der Waals surface area contributed by atoms with Crippen LogP contribution in [0.5, 0.6) is 0 Å². The summed E-state index contributed by atoms with van der Waals surface area (Å²) in [4.78, 5) is 0.663. The number of rotatable bonds is 6. The first-order valence-corrected chi connectivity index (χ1v) is 10.3. The molecule has 1 fully saturated rings. The maximum absolute atomic E-state index is 12.5. The average molecular weight is 375 g/mol. The Labute approximate surface area is 150 Å². The minimum absolute atomic E-state index is 0.238. The van der Waals surface area contributed by atoms with Crippen molar-refractivity contribution < 1.29 is 12.8 Å². The van der Waals surface area contributed by atoms with E-state index in [1.165, 1.54) is 0 Å². The molecule has 1 N–H and O–H groups in total. The Bertz CT molecular complexity index is 1000. The lowest BCUT2D eigenvalue weighted by Crippen LogP contribution is -2.22. The van der Waals surface area contributed by atoms with E-state index in [4.69, 9.17) is 4.42 Å². The smallest absolute Gasteiger partial charge is 0.257 e. The van der Waals surface area contributed by atoms with Crippen molar-refractivity contribution in [3.05, 3.63) is 53.4 Å². The Morgan fingerprint density at radius 1 is 1.20 bits per heavy atom. The summed E-state index contributed by atoms with van der Waals surface area (Å²) >= 11 is 1.13. The fourth-order valence-electron chi connectivity index (χ4n) is 2.46. The maximum atomic E-state index is 12.5. The third-order valence-electron chi connectivity index (χ3n) is 4.14. The first-order valence-electron chi connectivity index (χ1n) is 8.01. The standard InChI is InChI=1S/C17H17N3O3S2/c1-11-4-2-3-5-13(11)10-18-25(21,22)15-9-8-14(24-15)17-20-19-16(23-17)12-6-7-12/h2-5,8-9,12,18H,6-7,10H2,1H3. The highest BCUT2D eigenvalue weighted by Gasteiger charge is 2.30. The zero-order valence-electron chi connectivity index (χ0n) is 13.6. The van der Waals surface area contributed by atoms with Gasteiger partial charge < -0.3 is 4.42 Å². The number of benzene rings is 1. The molecule has 6 nitrogen and oxygen atoms in total. The fourth-order valence-corrected chi connectivity index (χ4v) is 4.74. The number of nitrogens with one attached hydrogen (secondary N) is 1. The van der Waals surface area contributed by atoms with Crippen LogP contribution in [0.25, 0.3) is 10.8 Å². The average Bonchev–Trinajstić information content (AvgIpc) is 3.12. The number of hydrogen-bond donors (Lipinski definition) is 1. The molecule has 0 atom stereocenters. The largest absolute Gasteiger partial charge is 0.420 e. The highest BCUT2D eigenvalue weighted by Crippen LogP contribution is 2.40. The molecule has 8 heteroatoms. The van der Waals surface area contributed by atoms with Crippen LogP contribution in [0.2, 0.25) is 0 Å². The van der Waals surface area contributed by atoms with E-state index in [2.05, 4.69) is 14.9 Å². The first kappa shape index (κ1) is 16.4. The van der Waals surface area contributed by atoms with Crippen molar-refractivity contribution in [3.8, 4) is 10.8 Å². The lowest BCUT2D eigenvalue weighted by atomic mass is 10.1. The van der Waals surface area contributed by atoms with Gasteiger partial charge in [-0.05, 0) is 43.0 Å². The molecule has 4 rings (SSSR count). The molecule has 0 aliphatic heterocycles. The minimum atomic E-state index is -3.58. The zero-order valence-corrected chi connectivity index (χ0v) is 15.2. The summed E-state index contributed by atoms with van der Waals surface area (Å²) in [7, 11) is -3.58. The van der Waals surface area contributed by atoms with E-state index in [-0.39, 0.29) is 10.8 Å². The molecule has 1 saturated carbocycles. The van der Waals surface area contributed by atoms with E-state index in [0.29, 0.717) is 22.6 Å². The van der Waals surface area contributed by atoms with Gasteiger partial charge in [0.05, 0.1) is 4.88 Å². The number of hydrogen-bond acceptors (Lipinski definition) is 6. The summed E-state index contributed by atoms with van der Waals surface area (Å²) in [6.45, 7) is 2.22. The van der Waals surface area contributed by atoms with E-state index in [9.17, 15) is 8.42 Å². The molecular weight excluding hydrogens is 358 g/mol. The molecule has 1 aromatic carbocycles. The van der Waals surface area contributed by atoms with Gasteiger partial charge in [0, 0.05) is 12.5 Å². The van der Waals surface area contributed by atoms with Crippen LogP contribution in [-0.4, -0.2) is 18.6 Å². The number of thiophene rings is 1. The Hall–Kier alpha value is -2.03. The van der Waals surface area contributed by atoms with Gasteiger partial charge in [-0.15, -0.1) is 21.5 Å². The zero-order chi connectivity index (χ0) is 17.4. The maximum Gasteiger partial charge on any atom is 0.257 e. The molecule has 0 radical (unpaired) electrons. The second kappa shape index (κ2) is 6.36. The van der Waals surface area contributed by atoms with Gasteiger partial charge in [0.15, 0.2) is 0 Å². The topological polar surface area (TPSA) is 85.1 Å². The molecule has 0 amide bonds. The van der Waals surface area contributed by atoms with Crippen LogP contribution in [0.1, 0.15) is 35.8 Å². The Morgan fingerprint density at radius 2 is 2.00 bits per heavy atom. The van der Waals surface area contributed by atoms with Gasteiger partial charge in [0.25, 0.3) is 5.89 Å². The van der Waals surface area contributed by atoms with Gasteiger partial charge in [0.2, 0.25) is 15.9 Å². The third-order valence-corrected chi connectivity index (χ3v) is 7.10. The van der Waals surface area contributed by atoms with Crippen molar-refractivity contribution in [1.29, 1.82) is 0 Å². The summed E-state index contributed by atoms with van der Waals surface area (Å²) in [5.74, 6) is 1.40. The number of nitrogens with zero attached hydrogens (tertiary/aromatic N) is 2. The first-order chi connectivity index (χ1) is 12.0. The van der Waals surface area contributed by atoms with Crippen molar-refractivity contribution in [2.24, 2.45) is 0 Å². The van der Waals surface area contributed by atoms with Crippen LogP contribution in [0.3, 0.4) is 0 Å². The summed E-state index contributed by atoms with van der Waals surface area (Å²) in [6, 6.07) is 11.0. The molecule has 0 unspecified atom stereocenters. The predicted molar refractivity (Wildman–Crippen MR) is 94.8 cm³/mol. The van der Waals surface area contributed by atoms with Crippen LogP contribution in [0.4, 0.5) is 0 Å². The van der Waals surface area contributed by atoms with Crippen molar-refractivity contribution in [3.63, 3.8) is 0 Å². The molecule has 0 spiro atoms. The predicted octanol–water partition coefficient (Wildman–Crippen LogP) is 3.46. The monoisotopic (exact) mass is 375 g/mol. The van der Waals surface area contributed by atoms with Crippen molar-refractivity contribution in [2.45, 2.75) is 36.4 Å². The molecule has 130 valence electrons. The number of aromatic nitrogens is 2. The summed E-state index contributed by atoms with van der Waals surface area (Å²) in [5.41, 5.74) is 2.00. The molecule has 1 aliphatic rings. The number of sulfonamides is 1. The van der Waals surface area contributed by atoms with E-state index in [0.717, 1.165) is 35.3 Å². The van der Waals surface area contributed by atoms with Crippen molar-refractivity contribution in [1.82, 2.24) is 14.9 Å². The fraction of sp³-hybridized carbons (Fsp3) is 0.294. The lowest BCUT2D eigenvalue weighted by molar-refractivity contribution is 0.509. The van der Waals surface area contributed by atoms with Crippen LogP contribution < -0.4 is 4.72 Å². The Morgan fingerprint density at radius 3 is 2.76 bits per heavy atom. The normalized spacial score (nSPS) is 14.8. The summed E-state index contributed by atoms with van der Waals surface area (Å²) in [6.07, 6.45) is 2.16. The molecule has 3 aromatic rings. The minimum Gasteiger partial charge on any atom is -0.420 e. The quantitative estimate of drug-likeness (QED) is 0.713. The Balaban J connectivity index is 1.50. The molecular formula is C17H17N3O3S2. The second-order valence-electron chi connectivity index (χ2n) is 6.09. The summed E-state index contributed by atoms with van der Waals surface area (Å²) in [5, 5.41) is 8.06. The SMILES string of the molecule is Cc1ccccc1CNS(=O)(=O)c1ccc(-c2nnc(C3CC3)o2)s1. The second-order valence-corrected chi connectivity index (χ2v) is 9.17. The van der Waals surface area contributed by atoms with Gasteiger partial charge in [-0.25, -0.2) is 13.1 Å². The molecule has 2 aromatic heterocycles. The highest BCUT2D eigenvalue weighted by molar-refractivity contribution is 7.91. The van der Waals surface area contributed by atoms with Gasteiger partial charge in [-0.2, -0.15) is 0 Å². The van der Waals surface area contributed by atoms with Gasteiger partial charge in [0.1, 0.15) is 4.21 Å².